The van der Waals surface area contributed by atoms with Crippen molar-refractivity contribution in [2.75, 3.05) is 25.9 Å². The van der Waals surface area contributed by atoms with E-state index in [0.29, 0.717) is 18.8 Å². The second kappa shape index (κ2) is 5.59. The van der Waals surface area contributed by atoms with Crippen LogP contribution < -0.4 is 5.73 Å². The summed E-state index contributed by atoms with van der Waals surface area (Å²) < 4.78 is 27.6. The summed E-state index contributed by atoms with van der Waals surface area (Å²) in [6.45, 7) is 8.81. The average Bonchev–Trinajstić information content (AvgIpc) is 2.40. The summed E-state index contributed by atoms with van der Waals surface area (Å²) in [6.07, 6.45) is 0. The maximum absolute atomic E-state index is 13.0. The van der Waals surface area contributed by atoms with Gasteiger partial charge in [0, 0.05) is 25.2 Å². The zero-order valence-corrected chi connectivity index (χ0v) is 14.2. The number of nitrogens with two attached hydrogens (primary N) is 1. The number of piperazine rings is 1. The minimum absolute atomic E-state index is 0.190. The second-order valence-electron chi connectivity index (χ2n) is 6.11. The van der Waals surface area contributed by atoms with Gasteiger partial charge in [0.15, 0.2) is 0 Å². The van der Waals surface area contributed by atoms with Crippen LogP contribution in [-0.2, 0) is 10.0 Å². The minimum atomic E-state index is -3.55. The molecule has 118 valence electrons. The third-order valence-electron chi connectivity index (χ3n) is 4.63. The smallest absolute Gasteiger partial charge is 0.245 e. The highest BCUT2D eigenvalue weighted by molar-refractivity contribution is 7.89. The number of rotatable bonds is 2. The summed E-state index contributed by atoms with van der Waals surface area (Å²) in [5.74, 6) is 0. The van der Waals surface area contributed by atoms with Crippen molar-refractivity contribution < 1.29 is 8.42 Å². The van der Waals surface area contributed by atoms with E-state index in [1.165, 1.54) is 0 Å². The first-order chi connectivity index (χ1) is 9.66. The number of aryl methyl sites for hydroxylation is 1. The molecule has 1 aromatic rings. The van der Waals surface area contributed by atoms with Crippen molar-refractivity contribution in [1.29, 1.82) is 0 Å². The molecule has 0 aromatic heterocycles. The Kier molecular flexibility index (Phi) is 4.33. The molecule has 0 aliphatic carbocycles. The summed E-state index contributed by atoms with van der Waals surface area (Å²) in [6, 6.07) is 3.92. The number of hydrogen-bond acceptors (Lipinski definition) is 4. The summed E-state index contributed by atoms with van der Waals surface area (Å²) in [4.78, 5) is 2.48. The van der Waals surface area contributed by atoms with E-state index in [9.17, 15) is 8.42 Å². The first-order valence-electron chi connectivity index (χ1n) is 7.24. The van der Waals surface area contributed by atoms with E-state index in [-0.39, 0.29) is 17.0 Å². The van der Waals surface area contributed by atoms with E-state index in [4.69, 9.17) is 5.73 Å². The Bertz CT molecular complexity index is 631. The molecular weight excluding hydrogens is 286 g/mol. The normalized spacial score (nSPS) is 25.2. The molecule has 1 fully saturated rings. The van der Waals surface area contributed by atoms with E-state index in [0.717, 1.165) is 11.1 Å². The largest absolute Gasteiger partial charge is 0.398 e. The van der Waals surface area contributed by atoms with Crippen LogP contribution in [0.3, 0.4) is 0 Å². The summed E-state index contributed by atoms with van der Waals surface area (Å²) in [5, 5.41) is 0. The van der Waals surface area contributed by atoms with Gasteiger partial charge in [0.05, 0.1) is 5.69 Å². The topological polar surface area (TPSA) is 66.6 Å². The SMILES string of the molecule is Cc1ccc(N)c(S(=O)(=O)N2CC(C)N(C)C(C)C2)c1C. The molecule has 2 N–H and O–H groups in total. The maximum Gasteiger partial charge on any atom is 0.245 e. The molecule has 0 spiro atoms. The number of benzene rings is 1. The quantitative estimate of drug-likeness (QED) is 0.843. The van der Waals surface area contributed by atoms with Crippen LogP contribution in [0.2, 0.25) is 0 Å². The lowest BCUT2D eigenvalue weighted by Crippen LogP contribution is -2.56. The van der Waals surface area contributed by atoms with Gasteiger partial charge in [-0.2, -0.15) is 4.31 Å². The van der Waals surface area contributed by atoms with E-state index in [1.807, 2.05) is 40.8 Å². The van der Waals surface area contributed by atoms with Crippen LogP contribution in [-0.4, -0.2) is 49.8 Å². The molecule has 1 heterocycles. The number of nitrogens with zero attached hydrogens (tertiary/aromatic N) is 2. The van der Waals surface area contributed by atoms with Crippen molar-refractivity contribution in [3.63, 3.8) is 0 Å². The molecule has 2 rings (SSSR count). The van der Waals surface area contributed by atoms with Gasteiger partial charge < -0.3 is 5.73 Å². The van der Waals surface area contributed by atoms with Gasteiger partial charge in [-0.25, -0.2) is 8.42 Å². The third kappa shape index (κ3) is 2.80. The van der Waals surface area contributed by atoms with Gasteiger partial charge in [0.25, 0.3) is 0 Å². The van der Waals surface area contributed by atoms with Crippen molar-refractivity contribution in [3.8, 4) is 0 Å². The Morgan fingerprint density at radius 3 is 2.19 bits per heavy atom. The molecule has 1 aliphatic rings. The van der Waals surface area contributed by atoms with Crippen LogP contribution in [0.15, 0.2) is 17.0 Å². The molecule has 0 radical (unpaired) electrons. The molecule has 0 saturated carbocycles. The fourth-order valence-corrected chi connectivity index (χ4v) is 4.83. The average molecular weight is 311 g/mol. The first kappa shape index (κ1) is 16.3. The zero-order valence-electron chi connectivity index (χ0n) is 13.4. The molecule has 21 heavy (non-hydrogen) atoms. The Morgan fingerprint density at radius 1 is 1.14 bits per heavy atom. The number of sulfonamides is 1. The Hall–Kier alpha value is -1.11. The third-order valence-corrected chi connectivity index (χ3v) is 6.67. The molecule has 6 heteroatoms. The number of hydrogen-bond donors (Lipinski definition) is 1. The van der Waals surface area contributed by atoms with Crippen LogP contribution in [0.25, 0.3) is 0 Å². The Balaban J connectivity index is 2.46. The predicted octanol–water partition coefficient (Wildman–Crippen LogP) is 1.60. The lowest BCUT2D eigenvalue weighted by Gasteiger charge is -2.41. The second-order valence-corrected chi connectivity index (χ2v) is 7.99. The highest BCUT2D eigenvalue weighted by atomic mass is 32.2. The summed E-state index contributed by atoms with van der Waals surface area (Å²) in [5.41, 5.74) is 7.98. The highest BCUT2D eigenvalue weighted by Crippen LogP contribution is 2.30. The number of anilines is 1. The molecule has 2 atom stereocenters. The lowest BCUT2D eigenvalue weighted by molar-refractivity contribution is 0.105. The fourth-order valence-electron chi connectivity index (χ4n) is 2.83. The number of likely N-dealkylation sites (N-methyl/N-ethyl adjacent to an activating group) is 1. The van der Waals surface area contributed by atoms with Crippen molar-refractivity contribution in [3.05, 3.63) is 23.3 Å². The van der Waals surface area contributed by atoms with Crippen LogP contribution in [0.5, 0.6) is 0 Å². The fraction of sp³-hybridized carbons (Fsp3) is 0.600. The van der Waals surface area contributed by atoms with Gasteiger partial charge in [0.1, 0.15) is 4.90 Å². The van der Waals surface area contributed by atoms with Crippen molar-refractivity contribution in [1.82, 2.24) is 9.21 Å². The summed E-state index contributed by atoms with van der Waals surface area (Å²) >= 11 is 0. The van der Waals surface area contributed by atoms with Gasteiger partial charge >= 0.3 is 0 Å². The van der Waals surface area contributed by atoms with Crippen LogP contribution in [0.1, 0.15) is 25.0 Å². The van der Waals surface area contributed by atoms with E-state index >= 15 is 0 Å². The van der Waals surface area contributed by atoms with Crippen molar-refractivity contribution in [2.24, 2.45) is 0 Å². The van der Waals surface area contributed by atoms with Crippen LogP contribution in [0.4, 0.5) is 5.69 Å². The highest BCUT2D eigenvalue weighted by Gasteiger charge is 2.36. The molecule has 0 amide bonds. The van der Waals surface area contributed by atoms with Gasteiger partial charge in [0.2, 0.25) is 10.0 Å². The number of nitrogen functional groups attached to an aromatic ring is 1. The van der Waals surface area contributed by atoms with E-state index < -0.39 is 10.0 Å². The maximum atomic E-state index is 13.0. The zero-order chi connectivity index (χ0) is 15.9. The van der Waals surface area contributed by atoms with E-state index in [2.05, 4.69) is 4.90 Å². The Morgan fingerprint density at radius 2 is 1.67 bits per heavy atom. The van der Waals surface area contributed by atoms with Gasteiger partial charge in [-0.3, -0.25) is 4.90 Å². The molecule has 0 bridgehead atoms. The van der Waals surface area contributed by atoms with Gasteiger partial charge in [-0.1, -0.05) is 6.07 Å². The molecule has 5 nitrogen and oxygen atoms in total. The molecule has 2 unspecified atom stereocenters. The predicted molar refractivity (Wildman–Crippen MR) is 85.8 cm³/mol. The van der Waals surface area contributed by atoms with Crippen molar-refractivity contribution >= 4 is 15.7 Å². The van der Waals surface area contributed by atoms with Crippen LogP contribution in [0, 0.1) is 13.8 Å². The molecule has 1 aromatic carbocycles. The minimum Gasteiger partial charge on any atom is -0.398 e. The van der Waals surface area contributed by atoms with Gasteiger partial charge in [-0.05, 0) is 51.9 Å². The van der Waals surface area contributed by atoms with Crippen LogP contribution >= 0.6 is 0 Å². The van der Waals surface area contributed by atoms with Crippen molar-refractivity contribution in [2.45, 2.75) is 44.7 Å². The Labute approximate surface area is 127 Å². The lowest BCUT2D eigenvalue weighted by atomic mass is 10.1. The molecule has 1 saturated heterocycles. The van der Waals surface area contributed by atoms with Gasteiger partial charge in [-0.15, -0.1) is 0 Å². The molecular formula is C15H25N3O2S. The first-order valence-corrected chi connectivity index (χ1v) is 8.68. The summed E-state index contributed by atoms with van der Waals surface area (Å²) in [7, 11) is -1.52. The molecule has 1 aliphatic heterocycles. The van der Waals surface area contributed by atoms with E-state index in [1.54, 1.807) is 10.4 Å². The monoisotopic (exact) mass is 311 g/mol. The standard InChI is InChI=1S/C15H25N3O2S/c1-10-6-7-14(16)15(13(10)4)21(19,20)18-8-11(2)17(5)12(3)9-18/h6-7,11-12H,8-9,16H2,1-5H3.